The van der Waals surface area contributed by atoms with Gasteiger partial charge >= 0.3 is 0 Å². The predicted octanol–water partition coefficient (Wildman–Crippen LogP) is 2.50. The summed E-state index contributed by atoms with van der Waals surface area (Å²) in [6.45, 7) is 2.61. The second kappa shape index (κ2) is 8.01. The van der Waals surface area contributed by atoms with Crippen LogP contribution in [0.1, 0.15) is 35.6 Å². The van der Waals surface area contributed by atoms with Crippen LogP contribution in [0, 0.1) is 0 Å². The summed E-state index contributed by atoms with van der Waals surface area (Å²) in [6.07, 6.45) is -0.268. The van der Waals surface area contributed by atoms with E-state index >= 15 is 0 Å². The number of imidazole rings is 1. The number of aliphatic hydroxyl groups is 1. The zero-order valence-corrected chi connectivity index (χ0v) is 17.6. The van der Waals surface area contributed by atoms with Gasteiger partial charge in [-0.25, -0.2) is 20.8 Å². The highest BCUT2D eigenvalue weighted by Gasteiger charge is 2.39. The Morgan fingerprint density at radius 1 is 0.968 bits per heavy atom. The van der Waals surface area contributed by atoms with Crippen molar-refractivity contribution < 1.29 is 5.11 Å². The van der Waals surface area contributed by atoms with E-state index in [2.05, 4.69) is 26.9 Å². The second-order valence-electron chi connectivity index (χ2n) is 7.30. The van der Waals surface area contributed by atoms with Crippen molar-refractivity contribution in [2.45, 2.75) is 25.2 Å². The zero-order valence-electron chi connectivity index (χ0n) is 16.8. The largest absolute Gasteiger partial charge is 0.373 e. The minimum absolute atomic E-state index is 0.268. The first-order valence-electron chi connectivity index (χ1n) is 10.0. The van der Waals surface area contributed by atoms with Gasteiger partial charge in [0, 0.05) is 12.1 Å². The fourth-order valence-corrected chi connectivity index (χ4v) is 4.28. The van der Waals surface area contributed by atoms with E-state index in [9.17, 15) is 5.11 Å². The van der Waals surface area contributed by atoms with E-state index in [0.29, 0.717) is 23.2 Å². The smallest absolute Gasteiger partial charge is 0.179 e. The molecular weight excluding hydrogens is 414 g/mol. The Kier molecular flexibility index (Phi) is 5.19. The molecule has 1 aliphatic rings. The van der Waals surface area contributed by atoms with Crippen molar-refractivity contribution in [3.63, 3.8) is 0 Å². The monoisotopic (exact) mass is 435 g/mol. The maximum atomic E-state index is 12.2. The van der Waals surface area contributed by atoms with Crippen LogP contribution in [0.2, 0.25) is 5.15 Å². The third kappa shape index (κ3) is 3.30. The van der Waals surface area contributed by atoms with Crippen molar-refractivity contribution in [3.8, 4) is 0 Å². The van der Waals surface area contributed by atoms with E-state index in [1.54, 1.807) is 0 Å². The Morgan fingerprint density at radius 3 is 2.10 bits per heavy atom. The van der Waals surface area contributed by atoms with E-state index in [1.807, 2.05) is 78.2 Å². The summed E-state index contributed by atoms with van der Waals surface area (Å²) in [6, 6.07) is 21.1. The number of aromatic nitrogens is 3. The van der Waals surface area contributed by atoms with Crippen molar-refractivity contribution in [3.05, 3.63) is 94.4 Å². The number of hydrogen-bond donors (Lipinski definition) is 5. The number of rotatable bonds is 5. The van der Waals surface area contributed by atoms with E-state index in [1.165, 1.54) is 0 Å². The molecule has 1 aliphatic heterocycles. The number of fused-ring (bicyclic) bond motifs is 1. The highest BCUT2D eigenvalue weighted by molar-refractivity contribution is 6.30. The molecule has 9 heteroatoms. The average molecular weight is 436 g/mol. The maximum Gasteiger partial charge on any atom is 0.179 e. The van der Waals surface area contributed by atoms with Gasteiger partial charge in [-0.15, -0.1) is 0 Å². The molecule has 8 nitrogen and oxygen atoms in total. The zero-order chi connectivity index (χ0) is 21.4. The van der Waals surface area contributed by atoms with Gasteiger partial charge in [-0.3, -0.25) is 0 Å². The number of nitrogens with zero attached hydrogens (tertiary/aromatic N) is 3. The molecule has 0 aliphatic carbocycles. The van der Waals surface area contributed by atoms with Crippen molar-refractivity contribution in [2.75, 3.05) is 0 Å². The van der Waals surface area contributed by atoms with E-state index in [0.717, 1.165) is 22.2 Å². The molecule has 31 heavy (non-hydrogen) atoms. The lowest BCUT2D eigenvalue weighted by atomic mass is 9.85. The molecular formula is C22H22ClN7O. The lowest BCUT2D eigenvalue weighted by molar-refractivity contribution is 0.112. The maximum absolute atomic E-state index is 12.2. The SMILES string of the molecule is CCn1c(C(O)(c2ccccc2)c2ccccc2)nc2nc(Cl)c(C3NNNN3)cc21. The summed E-state index contributed by atoms with van der Waals surface area (Å²) in [7, 11) is 0. The number of pyridine rings is 1. The van der Waals surface area contributed by atoms with E-state index in [-0.39, 0.29) is 6.17 Å². The minimum Gasteiger partial charge on any atom is -0.373 e. The van der Waals surface area contributed by atoms with Crippen LogP contribution in [0.5, 0.6) is 0 Å². The number of benzene rings is 2. The van der Waals surface area contributed by atoms with Gasteiger partial charge in [0.25, 0.3) is 0 Å². The molecule has 1 saturated heterocycles. The number of aryl methyl sites for hydroxylation is 1. The summed E-state index contributed by atoms with van der Waals surface area (Å²) < 4.78 is 1.98. The van der Waals surface area contributed by atoms with Gasteiger partial charge < -0.3 is 9.67 Å². The topological polar surface area (TPSA) is 99.1 Å². The Hall–Kier alpha value is -2.85. The van der Waals surface area contributed by atoms with Crippen molar-refractivity contribution in [1.29, 1.82) is 0 Å². The highest BCUT2D eigenvalue weighted by atomic mass is 35.5. The molecule has 0 saturated carbocycles. The highest BCUT2D eigenvalue weighted by Crippen LogP contribution is 2.38. The summed E-state index contributed by atoms with van der Waals surface area (Å²) >= 11 is 6.48. The molecule has 0 unspecified atom stereocenters. The van der Waals surface area contributed by atoms with Crippen LogP contribution in [0.4, 0.5) is 0 Å². The normalized spacial score (nSPS) is 15.1. The van der Waals surface area contributed by atoms with Crippen LogP contribution in [0.25, 0.3) is 11.2 Å². The lowest BCUT2D eigenvalue weighted by Crippen LogP contribution is -2.33. The molecule has 2 aromatic heterocycles. The van der Waals surface area contributed by atoms with Crippen molar-refractivity contribution in [2.24, 2.45) is 0 Å². The summed E-state index contributed by atoms with van der Waals surface area (Å²) in [5, 5.41) is 12.5. The first-order valence-corrected chi connectivity index (χ1v) is 10.4. The van der Waals surface area contributed by atoms with Crippen LogP contribution >= 0.6 is 11.6 Å². The molecule has 5 rings (SSSR count). The molecule has 1 fully saturated rings. The fraction of sp³-hybridized carbons (Fsp3) is 0.182. The molecule has 0 spiro atoms. The Morgan fingerprint density at radius 2 is 1.55 bits per heavy atom. The van der Waals surface area contributed by atoms with E-state index in [4.69, 9.17) is 16.6 Å². The summed E-state index contributed by atoms with van der Waals surface area (Å²) in [5.74, 6) is 0.492. The standard InChI is InChI=1S/C22H22ClN7O/c1-2-30-17-13-16(19-26-28-29-27-19)18(23)24-20(17)25-21(30)22(31,14-9-5-3-6-10-14)15-11-7-4-8-12-15/h3-13,19,26-29,31H,2H2,1H3. The van der Waals surface area contributed by atoms with E-state index < -0.39 is 5.60 Å². The molecule has 0 radical (unpaired) electrons. The van der Waals surface area contributed by atoms with Gasteiger partial charge in [0.05, 0.1) is 5.52 Å². The molecule has 4 aromatic rings. The predicted molar refractivity (Wildman–Crippen MR) is 118 cm³/mol. The minimum atomic E-state index is -1.46. The summed E-state index contributed by atoms with van der Waals surface area (Å²) in [5.41, 5.74) is 13.7. The quantitative estimate of drug-likeness (QED) is 0.307. The molecule has 0 bridgehead atoms. The number of hydrazine groups is 3. The van der Waals surface area contributed by atoms with Crippen LogP contribution in [0.15, 0.2) is 66.7 Å². The Bertz CT molecular complexity index is 1170. The van der Waals surface area contributed by atoms with Crippen LogP contribution < -0.4 is 21.9 Å². The molecule has 3 heterocycles. The lowest BCUT2D eigenvalue weighted by Gasteiger charge is -2.29. The van der Waals surface area contributed by atoms with Crippen molar-refractivity contribution in [1.82, 2.24) is 36.5 Å². The van der Waals surface area contributed by atoms with Crippen LogP contribution in [-0.2, 0) is 12.1 Å². The number of nitrogens with one attached hydrogen (secondary N) is 4. The molecule has 2 aromatic carbocycles. The first kappa shape index (κ1) is 20.1. The molecule has 158 valence electrons. The number of halogens is 1. The van der Waals surface area contributed by atoms with Gasteiger partial charge in [-0.1, -0.05) is 72.3 Å². The first-order chi connectivity index (χ1) is 15.1. The average Bonchev–Trinajstić information content (AvgIpc) is 3.47. The third-order valence-electron chi connectivity index (χ3n) is 5.55. The summed E-state index contributed by atoms with van der Waals surface area (Å²) in [4.78, 5) is 9.32. The van der Waals surface area contributed by atoms with Crippen LogP contribution in [0.3, 0.4) is 0 Å². The van der Waals surface area contributed by atoms with Gasteiger partial charge in [0.1, 0.15) is 11.3 Å². The Balaban J connectivity index is 1.77. The molecule has 0 amide bonds. The van der Waals surface area contributed by atoms with Gasteiger partial charge in [0.2, 0.25) is 0 Å². The van der Waals surface area contributed by atoms with Gasteiger partial charge in [0.15, 0.2) is 17.1 Å². The van der Waals surface area contributed by atoms with Gasteiger partial charge in [-0.05, 0) is 24.1 Å². The second-order valence-corrected chi connectivity index (χ2v) is 7.66. The molecule has 5 N–H and O–H groups in total. The van der Waals surface area contributed by atoms with Crippen LogP contribution in [-0.4, -0.2) is 19.6 Å². The van der Waals surface area contributed by atoms with Crippen molar-refractivity contribution >= 4 is 22.8 Å². The third-order valence-corrected chi connectivity index (χ3v) is 5.85. The molecule has 0 atom stereocenters. The van der Waals surface area contributed by atoms with Gasteiger partial charge in [-0.2, -0.15) is 11.1 Å². The fourth-order valence-electron chi connectivity index (χ4n) is 4.03. The number of hydrogen-bond acceptors (Lipinski definition) is 7. The Labute approximate surface area is 184 Å².